The van der Waals surface area contributed by atoms with Gasteiger partial charge in [0.05, 0.1) is 17.5 Å². The molecular weight excluding hydrogens is 363 g/mol. The summed E-state index contributed by atoms with van der Waals surface area (Å²) in [6.07, 6.45) is -4.68. The van der Waals surface area contributed by atoms with Crippen LogP contribution in [0.1, 0.15) is 21.6 Å². The molecule has 27 heavy (non-hydrogen) atoms. The second-order valence-electron chi connectivity index (χ2n) is 6.79. The van der Waals surface area contributed by atoms with Crippen LogP contribution < -0.4 is 0 Å². The number of hydrogen-bond acceptors (Lipinski definition) is 3. The van der Waals surface area contributed by atoms with Gasteiger partial charge in [0.15, 0.2) is 0 Å². The molecule has 2 aromatic rings. The van der Waals surface area contributed by atoms with E-state index in [2.05, 4.69) is 10.2 Å². The summed E-state index contributed by atoms with van der Waals surface area (Å²) in [4.78, 5) is 24.6. The predicted octanol–water partition coefficient (Wildman–Crippen LogP) is 3.03. The van der Waals surface area contributed by atoms with E-state index in [4.69, 9.17) is 5.11 Å². The van der Waals surface area contributed by atoms with Crippen molar-refractivity contribution in [2.75, 3.05) is 13.1 Å². The van der Waals surface area contributed by atoms with E-state index in [1.807, 2.05) is 32.0 Å². The van der Waals surface area contributed by atoms with Crippen molar-refractivity contribution in [2.45, 2.75) is 20.0 Å². The number of amides is 1. The fourth-order valence-corrected chi connectivity index (χ4v) is 3.39. The minimum Gasteiger partial charge on any atom is -0.481 e. The molecule has 1 aliphatic heterocycles. The minimum absolute atomic E-state index is 0.0249. The van der Waals surface area contributed by atoms with Crippen molar-refractivity contribution in [3.05, 3.63) is 41.1 Å². The van der Waals surface area contributed by atoms with E-state index in [1.165, 1.54) is 6.07 Å². The topological polar surface area (TPSA) is 86.3 Å². The van der Waals surface area contributed by atoms with Gasteiger partial charge in [-0.3, -0.25) is 14.7 Å². The molecule has 9 heteroatoms. The van der Waals surface area contributed by atoms with E-state index in [0.29, 0.717) is 5.69 Å². The highest BCUT2D eigenvalue weighted by molar-refractivity contribution is 5.94. The minimum atomic E-state index is -4.68. The van der Waals surface area contributed by atoms with Gasteiger partial charge in [0, 0.05) is 18.7 Å². The van der Waals surface area contributed by atoms with Crippen molar-refractivity contribution >= 4 is 11.9 Å². The standard InChI is InChI=1S/C18H18F3N3O3/c1-9-3-4-11(10(2)5-9)14-6-15(23-22-14)16(25)24-7-12(17(26)27)13(8-24)18(19,20)21/h3-6,12-13H,7-8H2,1-2H3,(H,22,23)(H,26,27)/t12-,13-/m1/s1. The van der Waals surface area contributed by atoms with E-state index in [1.54, 1.807) is 0 Å². The van der Waals surface area contributed by atoms with Gasteiger partial charge in [-0.15, -0.1) is 0 Å². The number of H-pyrrole nitrogens is 1. The zero-order chi connectivity index (χ0) is 19.9. The number of nitrogens with zero attached hydrogens (tertiary/aromatic N) is 2. The van der Waals surface area contributed by atoms with Crippen LogP contribution in [0, 0.1) is 25.7 Å². The van der Waals surface area contributed by atoms with Crippen LogP contribution in [0.25, 0.3) is 11.3 Å². The number of benzene rings is 1. The first kappa shape index (κ1) is 18.9. The monoisotopic (exact) mass is 381 g/mol. The number of nitrogens with one attached hydrogen (secondary N) is 1. The fourth-order valence-electron chi connectivity index (χ4n) is 3.39. The molecule has 1 amide bonds. The van der Waals surface area contributed by atoms with Gasteiger partial charge in [0.2, 0.25) is 0 Å². The molecule has 0 aliphatic carbocycles. The number of aliphatic carboxylic acids is 1. The predicted molar refractivity (Wildman–Crippen MR) is 90.1 cm³/mol. The summed E-state index contributed by atoms with van der Waals surface area (Å²) < 4.78 is 39.3. The summed E-state index contributed by atoms with van der Waals surface area (Å²) in [7, 11) is 0. The molecule has 2 N–H and O–H groups in total. The number of aryl methyl sites for hydroxylation is 2. The lowest BCUT2D eigenvalue weighted by Gasteiger charge is -2.18. The quantitative estimate of drug-likeness (QED) is 0.856. The SMILES string of the molecule is Cc1ccc(-c2cc(C(=O)N3C[C@@H](C(F)(F)F)[C@H](C(=O)O)C3)[nH]n2)c(C)c1. The Bertz CT molecular complexity index is 891. The maximum atomic E-state index is 13.1. The van der Waals surface area contributed by atoms with Crippen molar-refractivity contribution in [1.82, 2.24) is 15.1 Å². The number of aromatic nitrogens is 2. The van der Waals surface area contributed by atoms with Crippen LogP contribution in [0.15, 0.2) is 24.3 Å². The van der Waals surface area contributed by atoms with Crippen LogP contribution in [0.2, 0.25) is 0 Å². The Balaban J connectivity index is 1.83. The number of hydrogen-bond donors (Lipinski definition) is 2. The van der Waals surface area contributed by atoms with E-state index < -0.39 is 43.0 Å². The van der Waals surface area contributed by atoms with Crippen LogP contribution in [-0.2, 0) is 4.79 Å². The summed E-state index contributed by atoms with van der Waals surface area (Å²) in [6, 6.07) is 7.17. The molecule has 1 fully saturated rings. The Morgan fingerprint density at radius 3 is 2.48 bits per heavy atom. The lowest BCUT2D eigenvalue weighted by Crippen LogP contribution is -2.34. The first-order valence-corrected chi connectivity index (χ1v) is 8.29. The maximum Gasteiger partial charge on any atom is 0.394 e. The Labute approximate surface area is 153 Å². The Hall–Kier alpha value is -2.84. The van der Waals surface area contributed by atoms with Gasteiger partial charge in [-0.1, -0.05) is 23.8 Å². The molecule has 144 valence electrons. The summed E-state index contributed by atoms with van der Waals surface area (Å²) in [5, 5.41) is 15.7. The molecule has 0 spiro atoms. The molecule has 0 saturated carbocycles. The molecule has 3 rings (SSSR count). The van der Waals surface area contributed by atoms with Gasteiger partial charge in [-0.05, 0) is 25.5 Å². The van der Waals surface area contributed by atoms with Crippen molar-refractivity contribution in [2.24, 2.45) is 11.8 Å². The molecule has 0 bridgehead atoms. The third-order valence-electron chi connectivity index (χ3n) is 4.81. The first-order valence-electron chi connectivity index (χ1n) is 8.29. The molecule has 1 aromatic heterocycles. The molecule has 1 aliphatic rings. The van der Waals surface area contributed by atoms with Crippen molar-refractivity contribution in [3.63, 3.8) is 0 Å². The number of carbonyl (C=O) groups is 2. The Kier molecular flexibility index (Phi) is 4.71. The second kappa shape index (κ2) is 6.71. The van der Waals surface area contributed by atoms with Crippen LogP contribution in [0.5, 0.6) is 0 Å². The van der Waals surface area contributed by atoms with Crippen LogP contribution in [0.3, 0.4) is 0 Å². The third kappa shape index (κ3) is 3.67. The van der Waals surface area contributed by atoms with Crippen LogP contribution in [-0.4, -0.2) is 51.3 Å². The largest absolute Gasteiger partial charge is 0.481 e. The Morgan fingerprint density at radius 2 is 1.93 bits per heavy atom. The molecule has 0 radical (unpaired) electrons. The number of rotatable bonds is 3. The average Bonchev–Trinajstić information content (AvgIpc) is 3.21. The Morgan fingerprint density at radius 1 is 1.22 bits per heavy atom. The first-order chi connectivity index (χ1) is 12.6. The molecule has 2 atom stereocenters. The molecular formula is C18H18F3N3O3. The highest BCUT2D eigenvalue weighted by Gasteiger charge is 2.53. The number of carbonyl (C=O) groups excluding carboxylic acids is 1. The van der Waals surface area contributed by atoms with E-state index in [9.17, 15) is 22.8 Å². The van der Waals surface area contributed by atoms with E-state index >= 15 is 0 Å². The zero-order valence-electron chi connectivity index (χ0n) is 14.7. The second-order valence-corrected chi connectivity index (χ2v) is 6.79. The lowest BCUT2D eigenvalue weighted by atomic mass is 9.96. The van der Waals surface area contributed by atoms with Gasteiger partial charge >= 0.3 is 12.1 Å². The molecule has 2 heterocycles. The zero-order valence-corrected chi connectivity index (χ0v) is 14.7. The fraction of sp³-hybridized carbons (Fsp3) is 0.389. The van der Waals surface area contributed by atoms with Crippen molar-refractivity contribution in [3.8, 4) is 11.3 Å². The average molecular weight is 381 g/mol. The van der Waals surface area contributed by atoms with Gasteiger partial charge in [-0.25, -0.2) is 0 Å². The lowest BCUT2D eigenvalue weighted by molar-refractivity contribution is -0.187. The highest BCUT2D eigenvalue weighted by atomic mass is 19.4. The summed E-state index contributed by atoms with van der Waals surface area (Å²) in [5.74, 6) is -6.01. The van der Waals surface area contributed by atoms with Crippen LogP contribution in [0.4, 0.5) is 13.2 Å². The highest BCUT2D eigenvalue weighted by Crippen LogP contribution is 2.38. The number of carboxylic acid groups (broad SMARTS) is 1. The summed E-state index contributed by atoms with van der Waals surface area (Å²) in [6.45, 7) is 2.66. The van der Waals surface area contributed by atoms with Gasteiger partial charge in [0.25, 0.3) is 5.91 Å². The molecule has 6 nitrogen and oxygen atoms in total. The van der Waals surface area contributed by atoms with Gasteiger partial charge in [0.1, 0.15) is 5.69 Å². The number of halogens is 3. The smallest absolute Gasteiger partial charge is 0.394 e. The van der Waals surface area contributed by atoms with E-state index in [0.717, 1.165) is 21.6 Å². The number of likely N-dealkylation sites (tertiary alicyclic amines) is 1. The normalized spacial score (nSPS) is 20.1. The van der Waals surface area contributed by atoms with Crippen molar-refractivity contribution in [1.29, 1.82) is 0 Å². The molecule has 1 saturated heterocycles. The molecule has 1 aromatic carbocycles. The third-order valence-corrected chi connectivity index (χ3v) is 4.81. The summed E-state index contributed by atoms with van der Waals surface area (Å²) in [5.41, 5.74) is 3.34. The van der Waals surface area contributed by atoms with Gasteiger partial charge in [-0.2, -0.15) is 18.3 Å². The number of aromatic amines is 1. The number of carboxylic acids is 1. The number of alkyl halides is 3. The maximum absolute atomic E-state index is 13.1. The van der Waals surface area contributed by atoms with Gasteiger partial charge < -0.3 is 10.0 Å². The van der Waals surface area contributed by atoms with E-state index in [-0.39, 0.29) is 5.69 Å². The van der Waals surface area contributed by atoms with Crippen molar-refractivity contribution < 1.29 is 27.9 Å². The molecule has 0 unspecified atom stereocenters. The van der Waals surface area contributed by atoms with Crippen LogP contribution >= 0.6 is 0 Å². The summed E-state index contributed by atoms with van der Waals surface area (Å²) >= 11 is 0.